The third kappa shape index (κ3) is 2.74. The van der Waals surface area contributed by atoms with Crippen molar-refractivity contribution in [2.24, 2.45) is 5.92 Å². The average molecular weight is 212 g/mol. The summed E-state index contributed by atoms with van der Waals surface area (Å²) in [5.41, 5.74) is 2.12. The van der Waals surface area contributed by atoms with Crippen LogP contribution in [0.1, 0.15) is 18.4 Å². The largest absolute Gasteiger partial charge is 0.326 e. The lowest BCUT2D eigenvalue weighted by Gasteiger charge is -2.03. The van der Waals surface area contributed by atoms with Crippen molar-refractivity contribution in [3.05, 3.63) is 29.8 Å². The zero-order valence-corrected chi connectivity index (χ0v) is 8.93. The molecule has 0 heterocycles. The van der Waals surface area contributed by atoms with Crippen LogP contribution in [0, 0.1) is 12.8 Å². The second-order valence-electron chi connectivity index (χ2n) is 3.63. The fraction of sp³-hybridized carbons (Fsp3) is 0.364. The number of hydrogen-bond donors (Lipinski definition) is 1. The van der Waals surface area contributed by atoms with Gasteiger partial charge in [-0.1, -0.05) is 17.7 Å². The number of anilines is 1. The molecule has 1 fully saturated rings. The van der Waals surface area contributed by atoms with Gasteiger partial charge in [-0.3, -0.25) is 4.79 Å². The van der Waals surface area contributed by atoms with Crippen LogP contribution in [0.25, 0.3) is 0 Å². The van der Waals surface area contributed by atoms with Gasteiger partial charge in [0.1, 0.15) is 0 Å². The lowest BCUT2D eigenvalue weighted by Crippen LogP contribution is -2.12. The first kappa shape index (κ1) is 11.1. The van der Waals surface area contributed by atoms with Gasteiger partial charge < -0.3 is 5.32 Å². The van der Waals surface area contributed by atoms with Crippen molar-refractivity contribution < 1.29 is 4.79 Å². The highest BCUT2D eigenvalue weighted by Crippen LogP contribution is 2.30. The lowest BCUT2D eigenvalue weighted by molar-refractivity contribution is -0.117. The second-order valence-corrected chi connectivity index (χ2v) is 3.63. The Kier molecular flexibility index (Phi) is 3.53. The van der Waals surface area contributed by atoms with Crippen molar-refractivity contribution in [2.45, 2.75) is 19.8 Å². The maximum Gasteiger partial charge on any atom is 0.227 e. The molecule has 3 heteroatoms. The minimum absolute atomic E-state index is 0. The van der Waals surface area contributed by atoms with Crippen molar-refractivity contribution in [2.75, 3.05) is 5.32 Å². The number of amides is 1. The van der Waals surface area contributed by atoms with Crippen molar-refractivity contribution in [3.8, 4) is 0 Å². The van der Waals surface area contributed by atoms with E-state index in [1.807, 2.05) is 31.2 Å². The van der Waals surface area contributed by atoms with Crippen LogP contribution in [0.3, 0.4) is 0 Å². The summed E-state index contributed by atoms with van der Waals surface area (Å²) >= 11 is 0. The quantitative estimate of drug-likeness (QED) is 0.801. The number of carbonyl (C=O) groups excluding carboxylic acids is 1. The van der Waals surface area contributed by atoms with E-state index in [9.17, 15) is 4.79 Å². The van der Waals surface area contributed by atoms with E-state index in [1.165, 1.54) is 5.56 Å². The van der Waals surface area contributed by atoms with Gasteiger partial charge >= 0.3 is 0 Å². The van der Waals surface area contributed by atoms with E-state index < -0.39 is 0 Å². The van der Waals surface area contributed by atoms with Gasteiger partial charge in [-0.2, -0.15) is 0 Å². The molecule has 0 unspecified atom stereocenters. The van der Waals surface area contributed by atoms with Gasteiger partial charge in [0, 0.05) is 11.6 Å². The number of benzene rings is 1. The molecule has 1 aromatic carbocycles. The second kappa shape index (κ2) is 4.47. The van der Waals surface area contributed by atoms with E-state index in [0.717, 1.165) is 18.5 Å². The summed E-state index contributed by atoms with van der Waals surface area (Å²) in [6, 6.07) is 7.89. The third-order valence-corrected chi connectivity index (χ3v) is 2.27. The van der Waals surface area contributed by atoms with Gasteiger partial charge in [-0.25, -0.2) is 0 Å². The molecule has 0 aromatic heterocycles. The van der Waals surface area contributed by atoms with E-state index in [1.54, 1.807) is 0 Å². The number of halogens is 1. The minimum atomic E-state index is 0. The number of aryl methyl sites for hydroxylation is 1. The van der Waals surface area contributed by atoms with Crippen LogP contribution >= 0.6 is 12.4 Å². The first-order chi connectivity index (χ1) is 6.25. The summed E-state index contributed by atoms with van der Waals surface area (Å²) in [6.45, 7) is 2.03. The molecule has 0 atom stereocenters. The molecule has 1 saturated carbocycles. The number of nitrogens with one attached hydrogen (secondary N) is 1. The lowest BCUT2D eigenvalue weighted by atomic mass is 10.2. The van der Waals surface area contributed by atoms with E-state index >= 15 is 0 Å². The molecule has 0 radical (unpaired) electrons. The third-order valence-electron chi connectivity index (χ3n) is 2.27. The van der Waals surface area contributed by atoms with E-state index in [0.29, 0.717) is 0 Å². The molecule has 1 N–H and O–H groups in total. The highest BCUT2D eigenvalue weighted by molar-refractivity contribution is 5.93. The molecule has 0 spiro atoms. The molecule has 2 nitrogen and oxygen atoms in total. The highest BCUT2D eigenvalue weighted by Gasteiger charge is 2.29. The topological polar surface area (TPSA) is 29.1 Å². The van der Waals surface area contributed by atoms with Crippen molar-refractivity contribution in [1.29, 1.82) is 0 Å². The average Bonchev–Trinajstić information content (AvgIpc) is 2.91. The van der Waals surface area contributed by atoms with Crippen LogP contribution in [-0.4, -0.2) is 5.91 Å². The fourth-order valence-electron chi connectivity index (χ4n) is 1.23. The van der Waals surface area contributed by atoms with Crippen LogP contribution in [0.15, 0.2) is 24.3 Å². The molecule has 0 saturated heterocycles. The molecular weight excluding hydrogens is 198 g/mol. The van der Waals surface area contributed by atoms with Crippen molar-refractivity contribution in [1.82, 2.24) is 0 Å². The first-order valence-corrected chi connectivity index (χ1v) is 4.63. The Balaban J connectivity index is 0.000000980. The van der Waals surface area contributed by atoms with E-state index in [2.05, 4.69) is 5.32 Å². The van der Waals surface area contributed by atoms with Gasteiger partial charge in [0.15, 0.2) is 0 Å². The monoisotopic (exact) mass is 211 g/mol. The molecule has 2 rings (SSSR count). The highest BCUT2D eigenvalue weighted by atomic mass is 35.5. The van der Waals surface area contributed by atoms with Crippen LogP contribution in [0.4, 0.5) is 5.69 Å². The summed E-state index contributed by atoms with van der Waals surface area (Å²) < 4.78 is 0. The van der Waals surface area contributed by atoms with Gasteiger partial charge in [0.05, 0.1) is 0 Å². The van der Waals surface area contributed by atoms with Gasteiger partial charge in [-0.15, -0.1) is 12.4 Å². The zero-order valence-electron chi connectivity index (χ0n) is 8.12. The molecule has 1 aliphatic carbocycles. The summed E-state index contributed by atoms with van der Waals surface area (Å²) in [7, 11) is 0. The molecule has 0 bridgehead atoms. The number of carbonyl (C=O) groups is 1. The summed E-state index contributed by atoms with van der Waals surface area (Å²) in [6.07, 6.45) is 2.11. The molecule has 14 heavy (non-hydrogen) atoms. The predicted molar refractivity (Wildman–Crippen MR) is 59.8 cm³/mol. The molecule has 0 aliphatic heterocycles. The van der Waals surface area contributed by atoms with Crippen LogP contribution in [0.5, 0.6) is 0 Å². The van der Waals surface area contributed by atoms with Crippen LogP contribution in [0.2, 0.25) is 0 Å². The predicted octanol–water partition coefficient (Wildman–Crippen LogP) is 2.77. The number of hydrogen-bond acceptors (Lipinski definition) is 1. The maximum atomic E-state index is 11.3. The normalized spacial score (nSPS) is 14.4. The summed E-state index contributed by atoms with van der Waals surface area (Å²) in [4.78, 5) is 11.3. The van der Waals surface area contributed by atoms with Crippen molar-refractivity contribution >= 4 is 24.0 Å². The van der Waals surface area contributed by atoms with Gasteiger partial charge in [0.2, 0.25) is 5.91 Å². The Labute approximate surface area is 90.1 Å². The molecule has 76 valence electrons. The maximum absolute atomic E-state index is 11.3. The summed E-state index contributed by atoms with van der Waals surface area (Å²) in [5.74, 6) is 0.449. The van der Waals surface area contributed by atoms with E-state index in [4.69, 9.17) is 0 Å². The molecule has 1 aliphatic rings. The molecule has 1 aromatic rings. The Morgan fingerprint density at radius 2 is 1.86 bits per heavy atom. The number of rotatable bonds is 2. The van der Waals surface area contributed by atoms with Crippen LogP contribution < -0.4 is 5.32 Å². The summed E-state index contributed by atoms with van der Waals surface area (Å²) in [5, 5.41) is 2.89. The van der Waals surface area contributed by atoms with Crippen LogP contribution in [-0.2, 0) is 4.79 Å². The Bertz CT molecular complexity index is 317. The smallest absolute Gasteiger partial charge is 0.227 e. The SMILES string of the molecule is Cc1ccc(NC(=O)C2CC2)cc1.Cl. The zero-order chi connectivity index (χ0) is 9.26. The molecular formula is C11H14ClNO. The van der Waals surface area contributed by atoms with Crippen molar-refractivity contribution in [3.63, 3.8) is 0 Å². The Morgan fingerprint density at radius 3 is 2.36 bits per heavy atom. The Morgan fingerprint density at radius 1 is 1.29 bits per heavy atom. The van der Waals surface area contributed by atoms with Gasteiger partial charge in [0.25, 0.3) is 0 Å². The standard InChI is InChI=1S/C11H13NO.ClH/c1-8-2-6-10(7-3-8)12-11(13)9-4-5-9;/h2-3,6-7,9H,4-5H2,1H3,(H,12,13);1H. The fourth-order valence-corrected chi connectivity index (χ4v) is 1.23. The molecule has 1 amide bonds. The minimum Gasteiger partial charge on any atom is -0.326 e. The first-order valence-electron chi connectivity index (χ1n) is 4.63. The van der Waals surface area contributed by atoms with Gasteiger partial charge in [-0.05, 0) is 31.9 Å². The Hall–Kier alpha value is -1.02. The van der Waals surface area contributed by atoms with E-state index in [-0.39, 0.29) is 24.2 Å².